The summed E-state index contributed by atoms with van der Waals surface area (Å²) in [4.78, 5) is 26.5. The Labute approximate surface area is 121 Å². The van der Waals surface area contributed by atoms with Crippen molar-refractivity contribution in [1.29, 1.82) is 0 Å². The first-order valence-corrected chi connectivity index (χ1v) is 8.06. The van der Waals surface area contributed by atoms with Crippen LogP contribution in [-0.2, 0) is 14.3 Å². The van der Waals surface area contributed by atoms with Crippen molar-refractivity contribution in [2.45, 2.75) is 64.8 Å². The van der Waals surface area contributed by atoms with Crippen LogP contribution >= 0.6 is 0 Å². The largest absolute Gasteiger partial charge is 0.464 e. The van der Waals surface area contributed by atoms with Crippen LogP contribution in [0.5, 0.6) is 0 Å². The third kappa shape index (κ3) is 3.74. The van der Waals surface area contributed by atoms with E-state index in [-0.39, 0.29) is 23.8 Å². The maximum absolute atomic E-state index is 12.6. The van der Waals surface area contributed by atoms with Crippen molar-refractivity contribution < 1.29 is 14.3 Å². The van der Waals surface area contributed by atoms with Crippen molar-refractivity contribution in [3.8, 4) is 0 Å². The second kappa shape index (κ2) is 7.09. The smallest absolute Gasteiger partial charge is 0.328 e. The number of carbonyl (C=O) groups excluding carboxylic acids is 2. The van der Waals surface area contributed by atoms with Crippen LogP contribution in [0.2, 0.25) is 0 Å². The van der Waals surface area contributed by atoms with E-state index in [2.05, 4.69) is 0 Å². The molecule has 0 aromatic carbocycles. The molecule has 20 heavy (non-hydrogen) atoms. The molecule has 0 radical (unpaired) electrons. The van der Waals surface area contributed by atoms with Gasteiger partial charge >= 0.3 is 5.97 Å². The number of esters is 1. The number of hydrogen-bond donors (Lipinski definition) is 0. The average molecular weight is 281 g/mol. The van der Waals surface area contributed by atoms with E-state index in [0.29, 0.717) is 12.5 Å². The number of carbonyl (C=O) groups is 2. The van der Waals surface area contributed by atoms with Gasteiger partial charge in [0.05, 0.1) is 6.61 Å². The highest BCUT2D eigenvalue weighted by molar-refractivity contribution is 5.86. The fourth-order valence-electron chi connectivity index (χ4n) is 3.20. The molecule has 1 saturated carbocycles. The third-order valence-electron chi connectivity index (χ3n) is 4.32. The van der Waals surface area contributed by atoms with E-state index in [1.54, 1.807) is 4.90 Å². The predicted molar refractivity (Wildman–Crippen MR) is 77.1 cm³/mol. The highest BCUT2D eigenvalue weighted by Crippen LogP contribution is 2.29. The first-order chi connectivity index (χ1) is 9.59. The third-order valence-corrected chi connectivity index (χ3v) is 4.32. The van der Waals surface area contributed by atoms with E-state index < -0.39 is 0 Å². The van der Waals surface area contributed by atoms with E-state index in [0.717, 1.165) is 45.1 Å². The molecule has 0 aromatic heterocycles. The van der Waals surface area contributed by atoms with Crippen LogP contribution in [-0.4, -0.2) is 36.0 Å². The molecule has 4 nitrogen and oxygen atoms in total. The Morgan fingerprint density at radius 3 is 2.45 bits per heavy atom. The second-order valence-corrected chi connectivity index (χ2v) is 6.55. The summed E-state index contributed by atoms with van der Waals surface area (Å²) in [7, 11) is 0. The van der Waals surface area contributed by atoms with Gasteiger partial charge in [0.15, 0.2) is 0 Å². The summed E-state index contributed by atoms with van der Waals surface area (Å²) in [5.74, 6) is 0.458. The van der Waals surface area contributed by atoms with Crippen LogP contribution in [0.1, 0.15) is 58.8 Å². The fraction of sp³-hybridized carbons (Fsp3) is 0.875. The van der Waals surface area contributed by atoms with Gasteiger partial charge < -0.3 is 9.64 Å². The Kier molecular flexibility index (Phi) is 5.44. The van der Waals surface area contributed by atoms with Crippen LogP contribution in [0.25, 0.3) is 0 Å². The minimum Gasteiger partial charge on any atom is -0.464 e. The van der Waals surface area contributed by atoms with Gasteiger partial charge in [-0.1, -0.05) is 33.1 Å². The summed E-state index contributed by atoms with van der Waals surface area (Å²) in [5.41, 5.74) is 0. The molecule has 0 N–H and O–H groups in total. The molecule has 2 fully saturated rings. The van der Waals surface area contributed by atoms with E-state index >= 15 is 0 Å². The predicted octanol–water partition coefficient (Wildman–Crippen LogP) is 2.76. The Morgan fingerprint density at radius 1 is 1.10 bits per heavy atom. The Bertz CT molecular complexity index is 348. The molecular formula is C16H27NO3. The van der Waals surface area contributed by atoms with Crippen LogP contribution in [0.15, 0.2) is 0 Å². The molecule has 0 aromatic rings. The summed E-state index contributed by atoms with van der Waals surface area (Å²) in [5, 5.41) is 0. The maximum Gasteiger partial charge on any atom is 0.328 e. The van der Waals surface area contributed by atoms with Gasteiger partial charge in [0.2, 0.25) is 5.91 Å². The lowest BCUT2D eigenvalue weighted by atomic mass is 9.88. The van der Waals surface area contributed by atoms with Gasteiger partial charge in [0.1, 0.15) is 6.04 Å². The van der Waals surface area contributed by atoms with E-state index in [1.807, 2.05) is 13.8 Å². The topological polar surface area (TPSA) is 46.6 Å². The molecule has 1 unspecified atom stereocenters. The minimum atomic E-state index is -0.330. The van der Waals surface area contributed by atoms with Crippen molar-refractivity contribution in [3.63, 3.8) is 0 Å². The summed E-state index contributed by atoms with van der Waals surface area (Å²) in [6.07, 6.45) is 7.19. The quantitative estimate of drug-likeness (QED) is 0.744. The molecule has 1 saturated heterocycles. The molecule has 1 amide bonds. The van der Waals surface area contributed by atoms with E-state index in [1.165, 1.54) is 6.42 Å². The summed E-state index contributed by atoms with van der Waals surface area (Å²) >= 11 is 0. The molecule has 2 rings (SSSR count). The van der Waals surface area contributed by atoms with Crippen LogP contribution in [0.3, 0.4) is 0 Å². The Balaban J connectivity index is 1.92. The van der Waals surface area contributed by atoms with Crippen molar-refractivity contribution in [2.24, 2.45) is 11.8 Å². The van der Waals surface area contributed by atoms with Crippen molar-refractivity contribution in [2.75, 3.05) is 13.2 Å². The van der Waals surface area contributed by atoms with Crippen molar-refractivity contribution in [1.82, 2.24) is 4.90 Å². The first kappa shape index (κ1) is 15.3. The van der Waals surface area contributed by atoms with Gasteiger partial charge in [-0.3, -0.25) is 4.79 Å². The highest BCUT2D eigenvalue weighted by atomic mass is 16.5. The Morgan fingerprint density at radius 2 is 1.80 bits per heavy atom. The molecule has 1 aliphatic carbocycles. The SMILES string of the molecule is CC(C)COC(=O)C1CCCN1C(=O)C1CCCCC1. The molecule has 0 bridgehead atoms. The number of likely N-dealkylation sites (tertiary alicyclic amines) is 1. The highest BCUT2D eigenvalue weighted by Gasteiger charge is 2.38. The first-order valence-electron chi connectivity index (χ1n) is 8.06. The lowest BCUT2D eigenvalue weighted by molar-refractivity contribution is -0.155. The van der Waals surface area contributed by atoms with Gasteiger partial charge in [-0.25, -0.2) is 4.79 Å². The lowest BCUT2D eigenvalue weighted by Gasteiger charge is -2.29. The van der Waals surface area contributed by atoms with Crippen molar-refractivity contribution in [3.05, 3.63) is 0 Å². The number of nitrogens with zero attached hydrogens (tertiary/aromatic N) is 1. The van der Waals surface area contributed by atoms with Gasteiger partial charge in [0, 0.05) is 12.5 Å². The standard InChI is InChI=1S/C16H27NO3/c1-12(2)11-20-16(19)14-9-6-10-17(14)15(18)13-7-4-3-5-8-13/h12-14H,3-11H2,1-2H3. The zero-order valence-corrected chi connectivity index (χ0v) is 12.8. The second-order valence-electron chi connectivity index (χ2n) is 6.55. The average Bonchev–Trinajstić information content (AvgIpc) is 2.94. The molecule has 0 spiro atoms. The van der Waals surface area contributed by atoms with Gasteiger partial charge in [-0.2, -0.15) is 0 Å². The molecule has 4 heteroatoms. The lowest BCUT2D eigenvalue weighted by Crippen LogP contribution is -2.44. The summed E-state index contributed by atoms with van der Waals surface area (Å²) in [6, 6.07) is -0.330. The monoisotopic (exact) mass is 281 g/mol. The van der Waals surface area contributed by atoms with Crippen LogP contribution in [0, 0.1) is 11.8 Å². The maximum atomic E-state index is 12.6. The molecule has 1 heterocycles. The molecule has 1 atom stereocenters. The summed E-state index contributed by atoms with van der Waals surface area (Å²) in [6.45, 7) is 5.21. The number of hydrogen-bond acceptors (Lipinski definition) is 3. The van der Waals surface area contributed by atoms with Gasteiger partial charge in [-0.05, 0) is 31.6 Å². The Hall–Kier alpha value is -1.06. The molecule has 2 aliphatic rings. The number of amides is 1. The fourth-order valence-corrected chi connectivity index (χ4v) is 3.20. The van der Waals surface area contributed by atoms with Gasteiger partial charge in [-0.15, -0.1) is 0 Å². The molecule has 1 aliphatic heterocycles. The molecular weight excluding hydrogens is 254 g/mol. The van der Waals surface area contributed by atoms with E-state index in [4.69, 9.17) is 4.74 Å². The number of rotatable bonds is 4. The minimum absolute atomic E-state index is 0.141. The van der Waals surface area contributed by atoms with Crippen LogP contribution < -0.4 is 0 Å². The number of ether oxygens (including phenoxy) is 1. The van der Waals surface area contributed by atoms with Gasteiger partial charge in [0.25, 0.3) is 0 Å². The van der Waals surface area contributed by atoms with Crippen LogP contribution in [0.4, 0.5) is 0 Å². The zero-order chi connectivity index (χ0) is 14.5. The van der Waals surface area contributed by atoms with Crippen molar-refractivity contribution >= 4 is 11.9 Å². The summed E-state index contributed by atoms with van der Waals surface area (Å²) < 4.78 is 5.32. The van der Waals surface area contributed by atoms with E-state index in [9.17, 15) is 9.59 Å². The zero-order valence-electron chi connectivity index (χ0n) is 12.8. The normalized spacial score (nSPS) is 24.1. The molecule has 114 valence electrons.